The first-order valence-electron chi connectivity index (χ1n) is 5.77. The standard InChI is InChI=1S/C14H15ClFNS/c1-9-3-6-14(18-9)13(17-2)8-10-4-5-11(15)12(16)7-10/h3-7,13,17H,8H2,1-2H3. The van der Waals surface area contributed by atoms with Crippen LogP contribution in [0.5, 0.6) is 0 Å². The molecule has 2 aromatic rings. The van der Waals surface area contributed by atoms with Gasteiger partial charge in [0.15, 0.2) is 0 Å². The van der Waals surface area contributed by atoms with Gasteiger partial charge in [0.1, 0.15) is 5.82 Å². The molecule has 96 valence electrons. The zero-order valence-corrected chi connectivity index (χ0v) is 11.9. The van der Waals surface area contributed by atoms with E-state index < -0.39 is 0 Å². The van der Waals surface area contributed by atoms with Crippen molar-refractivity contribution >= 4 is 22.9 Å². The first-order valence-corrected chi connectivity index (χ1v) is 6.97. The molecule has 1 aromatic heterocycles. The van der Waals surface area contributed by atoms with Crippen LogP contribution < -0.4 is 5.32 Å². The molecule has 0 radical (unpaired) electrons. The molecule has 0 saturated carbocycles. The van der Waals surface area contributed by atoms with E-state index in [0.717, 1.165) is 12.0 Å². The molecule has 4 heteroatoms. The van der Waals surface area contributed by atoms with Gasteiger partial charge < -0.3 is 5.32 Å². The lowest BCUT2D eigenvalue weighted by molar-refractivity contribution is 0.592. The van der Waals surface area contributed by atoms with Gasteiger partial charge in [-0.15, -0.1) is 11.3 Å². The molecule has 18 heavy (non-hydrogen) atoms. The van der Waals surface area contributed by atoms with Crippen molar-refractivity contribution in [1.82, 2.24) is 5.32 Å². The normalized spacial score (nSPS) is 12.7. The predicted molar refractivity (Wildman–Crippen MR) is 76.0 cm³/mol. The van der Waals surface area contributed by atoms with Crippen LogP contribution >= 0.6 is 22.9 Å². The molecule has 0 saturated heterocycles. The Hall–Kier alpha value is -0.900. The molecule has 0 aliphatic heterocycles. The summed E-state index contributed by atoms with van der Waals surface area (Å²) >= 11 is 7.45. The second-order valence-electron chi connectivity index (χ2n) is 4.24. The van der Waals surface area contributed by atoms with Crippen molar-refractivity contribution in [2.24, 2.45) is 0 Å². The molecular weight excluding hydrogens is 269 g/mol. The van der Waals surface area contributed by atoms with Crippen LogP contribution in [0.3, 0.4) is 0 Å². The predicted octanol–water partition coefficient (Wildman–Crippen LogP) is 4.35. The monoisotopic (exact) mass is 283 g/mol. The Kier molecular flexibility index (Phi) is 4.38. The van der Waals surface area contributed by atoms with E-state index in [0.29, 0.717) is 0 Å². The fourth-order valence-electron chi connectivity index (χ4n) is 1.89. The number of rotatable bonds is 4. The summed E-state index contributed by atoms with van der Waals surface area (Å²) in [6, 6.07) is 9.42. The Balaban J connectivity index is 2.17. The van der Waals surface area contributed by atoms with Crippen LogP contribution in [0.25, 0.3) is 0 Å². The van der Waals surface area contributed by atoms with Crippen molar-refractivity contribution in [3.05, 3.63) is 56.5 Å². The summed E-state index contributed by atoms with van der Waals surface area (Å²) in [5.74, 6) is -0.355. The van der Waals surface area contributed by atoms with Gasteiger partial charge >= 0.3 is 0 Å². The smallest absolute Gasteiger partial charge is 0.142 e. The fourth-order valence-corrected chi connectivity index (χ4v) is 2.99. The van der Waals surface area contributed by atoms with Crippen LogP contribution in [0.1, 0.15) is 21.4 Å². The van der Waals surface area contributed by atoms with Gasteiger partial charge in [0.2, 0.25) is 0 Å². The molecule has 1 unspecified atom stereocenters. The Bertz CT molecular complexity index is 538. The molecule has 1 atom stereocenters. The summed E-state index contributed by atoms with van der Waals surface area (Å²) < 4.78 is 13.4. The Morgan fingerprint density at radius 2 is 2.11 bits per heavy atom. The fraction of sp³-hybridized carbons (Fsp3) is 0.286. The van der Waals surface area contributed by atoms with E-state index in [-0.39, 0.29) is 16.9 Å². The summed E-state index contributed by atoms with van der Waals surface area (Å²) in [4.78, 5) is 2.55. The van der Waals surface area contributed by atoms with Crippen molar-refractivity contribution in [1.29, 1.82) is 0 Å². The zero-order chi connectivity index (χ0) is 13.1. The van der Waals surface area contributed by atoms with Crippen LogP contribution in [-0.2, 0) is 6.42 Å². The van der Waals surface area contributed by atoms with Gasteiger partial charge in [-0.1, -0.05) is 17.7 Å². The minimum atomic E-state index is -0.355. The maximum absolute atomic E-state index is 13.4. The minimum Gasteiger partial charge on any atom is -0.312 e. The topological polar surface area (TPSA) is 12.0 Å². The highest BCUT2D eigenvalue weighted by Crippen LogP contribution is 2.26. The lowest BCUT2D eigenvalue weighted by Gasteiger charge is -2.14. The summed E-state index contributed by atoms with van der Waals surface area (Å²) in [7, 11) is 1.92. The molecule has 0 aliphatic rings. The zero-order valence-electron chi connectivity index (χ0n) is 10.3. The molecule has 1 nitrogen and oxygen atoms in total. The summed E-state index contributed by atoms with van der Waals surface area (Å²) in [6.07, 6.45) is 0.755. The lowest BCUT2D eigenvalue weighted by atomic mass is 10.0. The number of hydrogen-bond donors (Lipinski definition) is 1. The quantitative estimate of drug-likeness (QED) is 0.879. The maximum Gasteiger partial charge on any atom is 0.142 e. The Morgan fingerprint density at radius 1 is 1.33 bits per heavy atom. The Labute approximate surface area is 116 Å². The van der Waals surface area contributed by atoms with Crippen LogP contribution in [0, 0.1) is 12.7 Å². The largest absolute Gasteiger partial charge is 0.312 e. The first-order chi connectivity index (χ1) is 8.60. The third kappa shape index (κ3) is 3.10. The van der Waals surface area contributed by atoms with Crippen LogP contribution in [0.2, 0.25) is 5.02 Å². The number of likely N-dealkylation sites (N-methyl/N-ethyl adjacent to an activating group) is 1. The third-order valence-corrected chi connectivity index (χ3v) is 4.30. The van der Waals surface area contributed by atoms with Crippen molar-refractivity contribution < 1.29 is 4.39 Å². The number of nitrogens with one attached hydrogen (secondary N) is 1. The van der Waals surface area contributed by atoms with E-state index >= 15 is 0 Å². The molecule has 1 aromatic carbocycles. The first kappa shape index (κ1) is 13.5. The molecule has 0 fully saturated rings. The van der Waals surface area contributed by atoms with E-state index in [9.17, 15) is 4.39 Å². The van der Waals surface area contributed by atoms with Crippen LogP contribution in [0.15, 0.2) is 30.3 Å². The van der Waals surface area contributed by atoms with Gasteiger partial charge in [0.05, 0.1) is 5.02 Å². The van der Waals surface area contributed by atoms with E-state index in [2.05, 4.69) is 24.4 Å². The molecule has 0 amide bonds. The molecule has 1 N–H and O–H groups in total. The maximum atomic E-state index is 13.4. The second-order valence-corrected chi connectivity index (χ2v) is 5.97. The van der Waals surface area contributed by atoms with Gasteiger partial charge in [-0.3, -0.25) is 0 Å². The van der Waals surface area contributed by atoms with Gasteiger partial charge in [-0.2, -0.15) is 0 Å². The van der Waals surface area contributed by atoms with E-state index in [1.54, 1.807) is 17.4 Å². The van der Waals surface area contributed by atoms with E-state index in [4.69, 9.17) is 11.6 Å². The van der Waals surface area contributed by atoms with E-state index in [1.165, 1.54) is 15.8 Å². The van der Waals surface area contributed by atoms with Crippen molar-refractivity contribution in [2.75, 3.05) is 7.05 Å². The number of hydrogen-bond acceptors (Lipinski definition) is 2. The number of benzene rings is 1. The molecule has 0 bridgehead atoms. The molecular formula is C14H15ClFNS. The molecule has 2 rings (SSSR count). The highest BCUT2D eigenvalue weighted by Gasteiger charge is 2.13. The average molecular weight is 284 g/mol. The van der Waals surface area contributed by atoms with Gasteiger partial charge in [-0.25, -0.2) is 4.39 Å². The molecule has 0 aliphatic carbocycles. The van der Waals surface area contributed by atoms with Crippen molar-refractivity contribution in [3.63, 3.8) is 0 Å². The highest BCUT2D eigenvalue weighted by molar-refractivity contribution is 7.12. The molecule has 0 spiro atoms. The van der Waals surface area contributed by atoms with E-state index in [1.807, 2.05) is 13.1 Å². The Morgan fingerprint density at radius 3 is 2.67 bits per heavy atom. The molecule has 1 heterocycles. The number of aryl methyl sites for hydroxylation is 1. The summed E-state index contributed by atoms with van der Waals surface area (Å²) in [5.41, 5.74) is 0.947. The van der Waals surface area contributed by atoms with Crippen LogP contribution in [-0.4, -0.2) is 7.05 Å². The number of halogens is 2. The van der Waals surface area contributed by atoms with Gasteiger partial charge in [0.25, 0.3) is 0 Å². The second kappa shape index (κ2) is 5.83. The average Bonchev–Trinajstić information content (AvgIpc) is 2.77. The number of thiophene rings is 1. The third-order valence-electron chi connectivity index (χ3n) is 2.88. The SMILES string of the molecule is CNC(Cc1ccc(Cl)c(F)c1)c1ccc(C)s1. The van der Waals surface area contributed by atoms with Crippen molar-refractivity contribution in [2.45, 2.75) is 19.4 Å². The summed E-state index contributed by atoms with van der Waals surface area (Å²) in [6.45, 7) is 2.09. The van der Waals surface area contributed by atoms with Gasteiger partial charge in [0, 0.05) is 15.8 Å². The van der Waals surface area contributed by atoms with Gasteiger partial charge in [-0.05, 0) is 50.2 Å². The lowest BCUT2D eigenvalue weighted by Crippen LogP contribution is -2.17. The van der Waals surface area contributed by atoms with Crippen LogP contribution in [0.4, 0.5) is 4.39 Å². The minimum absolute atomic E-state index is 0.173. The highest BCUT2D eigenvalue weighted by atomic mass is 35.5. The summed E-state index contributed by atoms with van der Waals surface area (Å²) in [5, 5.41) is 3.44. The van der Waals surface area contributed by atoms with Crippen molar-refractivity contribution in [3.8, 4) is 0 Å².